The number of hydrogen-bond donors (Lipinski definition) is 1. The summed E-state index contributed by atoms with van der Waals surface area (Å²) >= 11 is 1.26. The molecule has 5 rings (SSSR count). The van der Waals surface area contributed by atoms with Gasteiger partial charge in [-0.15, -0.1) is 11.3 Å². The van der Waals surface area contributed by atoms with Crippen molar-refractivity contribution in [3.05, 3.63) is 87.8 Å². The first kappa shape index (κ1) is 23.2. The number of carbonyl (C=O) groups is 2. The maximum Gasteiger partial charge on any atom is 0.283 e. The summed E-state index contributed by atoms with van der Waals surface area (Å²) in [7, 11) is 2.00. The van der Waals surface area contributed by atoms with Crippen molar-refractivity contribution in [2.24, 2.45) is 0 Å². The summed E-state index contributed by atoms with van der Waals surface area (Å²) in [5.74, 6) is -0.698. The number of thiazole rings is 1. The Bertz CT molecular complexity index is 1370. The SMILES string of the molecule is CN1CCN(C(=O)c2nc(Cc3ccccc3F)cs2)[C@@H](CNC(=O)c2cccc3ccoc23)C1. The highest BCUT2D eigenvalue weighted by Crippen LogP contribution is 2.21. The summed E-state index contributed by atoms with van der Waals surface area (Å²) in [5.41, 5.74) is 2.22. The summed E-state index contributed by atoms with van der Waals surface area (Å²) in [6, 6.07) is 13.6. The Morgan fingerprint density at radius 1 is 1.17 bits per heavy atom. The maximum absolute atomic E-state index is 14.0. The average Bonchev–Trinajstić information content (AvgIpc) is 3.53. The minimum absolute atomic E-state index is 0.171. The van der Waals surface area contributed by atoms with Gasteiger partial charge in [0.25, 0.3) is 11.8 Å². The van der Waals surface area contributed by atoms with Gasteiger partial charge in [0.05, 0.1) is 23.6 Å². The zero-order chi connectivity index (χ0) is 24.4. The number of nitrogens with zero attached hydrogens (tertiary/aromatic N) is 3. The number of furan rings is 1. The molecule has 2 aromatic heterocycles. The molecule has 1 N–H and O–H groups in total. The lowest BCUT2D eigenvalue weighted by Crippen LogP contribution is -2.57. The molecule has 1 atom stereocenters. The van der Waals surface area contributed by atoms with Crippen molar-refractivity contribution in [2.45, 2.75) is 12.5 Å². The number of aromatic nitrogens is 1. The number of carbonyl (C=O) groups excluding carboxylic acids is 2. The molecule has 2 aromatic carbocycles. The first-order valence-corrected chi connectivity index (χ1v) is 12.3. The van der Waals surface area contributed by atoms with E-state index in [1.807, 2.05) is 25.2 Å². The van der Waals surface area contributed by atoms with E-state index in [0.717, 1.165) is 11.9 Å². The van der Waals surface area contributed by atoms with Crippen LogP contribution < -0.4 is 5.32 Å². The molecule has 35 heavy (non-hydrogen) atoms. The number of benzene rings is 2. The molecule has 0 saturated carbocycles. The molecule has 0 radical (unpaired) electrons. The van der Waals surface area contributed by atoms with Gasteiger partial charge in [-0.2, -0.15) is 0 Å². The van der Waals surface area contributed by atoms with Gasteiger partial charge in [0.15, 0.2) is 5.01 Å². The molecule has 9 heteroatoms. The monoisotopic (exact) mass is 492 g/mol. The highest BCUT2D eigenvalue weighted by atomic mass is 32.1. The third kappa shape index (κ3) is 4.96. The normalized spacial score (nSPS) is 16.5. The van der Waals surface area contributed by atoms with Crippen LogP contribution >= 0.6 is 11.3 Å². The van der Waals surface area contributed by atoms with Crippen molar-refractivity contribution in [2.75, 3.05) is 33.2 Å². The van der Waals surface area contributed by atoms with Gasteiger partial charge >= 0.3 is 0 Å². The molecule has 0 aliphatic carbocycles. The molecule has 1 fully saturated rings. The van der Waals surface area contributed by atoms with Crippen LogP contribution in [0.3, 0.4) is 0 Å². The molecular weight excluding hydrogens is 467 g/mol. The number of likely N-dealkylation sites (N-methyl/N-ethyl adjacent to an activating group) is 1. The van der Waals surface area contributed by atoms with Gasteiger partial charge in [-0.3, -0.25) is 9.59 Å². The van der Waals surface area contributed by atoms with Crippen molar-refractivity contribution in [3.8, 4) is 0 Å². The second-order valence-electron chi connectivity index (χ2n) is 8.68. The highest BCUT2D eigenvalue weighted by Gasteiger charge is 2.31. The van der Waals surface area contributed by atoms with Crippen LogP contribution in [0.15, 0.2) is 64.6 Å². The minimum atomic E-state index is -0.284. The fourth-order valence-electron chi connectivity index (χ4n) is 4.38. The molecule has 180 valence electrons. The molecule has 0 unspecified atom stereocenters. The van der Waals surface area contributed by atoms with E-state index in [1.165, 1.54) is 17.4 Å². The number of piperazine rings is 1. The average molecular weight is 493 g/mol. The number of hydrogen-bond acceptors (Lipinski definition) is 6. The minimum Gasteiger partial charge on any atom is -0.464 e. The summed E-state index contributed by atoms with van der Waals surface area (Å²) in [4.78, 5) is 34.7. The van der Waals surface area contributed by atoms with E-state index in [2.05, 4.69) is 15.2 Å². The number of nitrogens with one attached hydrogen (secondary N) is 1. The molecule has 7 nitrogen and oxygen atoms in total. The lowest BCUT2D eigenvalue weighted by Gasteiger charge is -2.39. The van der Waals surface area contributed by atoms with Crippen LogP contribution in [0, 0.1) is 5.82 Å². The van der Waals surface area contributed by atoms with Crippen LogP contribution in [-0.2, 0) is 6.42 Å². The predicted molar refractivity (Wildman–Crippen MR) is 132 cm³/mol. The fraction of sp³-hybridized carbons (Fsp3) is 0.269. The summed E-state index contributed by atoms with van der Waals surface area (Å²) < 4.78 is 19.5. The van der Waals surface area contributed by atoms with Crippen LogP contribution in [0.25, 0.3) is 11.0 Å². The maximum atomic E-state index is 14.0. The number of rotatable bonds is 6. The van der Waals surface area contributed by atoms with Gasteiger partial charge in [0.1, 0.15) is 11.4 Å². The second kappa shape index (κ2) is 9.97. The van der Waals surface area contributed by atoms with E-state index >= 15 is 0 Å². The Hall–Kier alpha value is -3.56. The largest absolute Gasteiger partial charge is 0.464 e. The van der Waals surface area contributed by atoms with E-state index in [1.54, 1.807) is 40.8 Å². The van der Waals surface area contributed by atoms with Gasteiger partial charge in [-0.1, -0.05) is 30.3 Å². The Morgan fingerprint density at radius 2 is 2.03 bits per heavy atom. The summed E-state index contributed by atoms with van der Waals surface area (Å²) in [5, 5.41) is 6.01. The van der Waals surface area contributed by atoms with E-state index in [9.17, 15) is 14.0 Å². The molecule has 0 spiro atoms. The topological polar surface area (TPSA) is 78.7 Å². The van der Waals surface area contributed by atoms with Crippen molar-refractivity contribution in [3.63, 3.8) is 0 Å². The van der Waals surface area contributed by atoms with Crippen LogP contribution in [0.2, 0.25) is 0 Å². The van der Waals surface area contributed by atoms with Crippen LogP contribution in [0.1, 0.15) is 31.4 Å². The molecule has 1 saturated heterocycles. The van der Waals surface area contributed by atoms with E-state index in [-0.39, 0.29) is 23.7 Å². The summed E-state index contributed by atoms with van der Waals surface area (Å²) in [6.45, 7) is 2.20. The quantitative estimate of drug-likeness (QED) is 0.443. The predicted octanol–water partition coefficient (Wildman–Crippen LogP) is 3.81. The van der Waals surface area contributed by atoms with Crippen molar-refractivity contribution in [1.29, 1.82) is 0 Å². The highest BCUT2D eigenvalue weighted by molar-refractivity contribution is 7.11. The summed E-state index contributed by atoms with van der Waals surface area (Å²) in [6.07, 6.45) is 1.89. The second-order valence-corrected chi connectivity index (χ2v) is 9.54. The molecule has 0 bridgehead atoms. The molecule has 1 aliphatic heterocycles. The Balaban J connectivity index is 1.28. The fourth-order valence-corrected chi connectivity index (χ4v) is 5.15. The lowest BCUT2D eigenvalue weighted by atomic mass is 10.1. The van der Waals surface area contributed by atoms with Gasteiger partial charge in [0, 0.05) is 43.4 Å². The van der Waals surface area contributed by atoms with E-state index < -0.39 is 0 Å². The zero-order valence-electron chi connectivity index (χ0n) is 19.2. The standard InChI is InChI=1S/C26H25FN4O3S/c1-30-10-11-31(26(33)25-29-19(16-35-25)13-18-5-2-3-8-22(18)27)20(15-30)14-28-24(32)21-7-4-6-17-9-12-34-23(17)21/h2-9,12,16,20H,10-11,13-15H2,1H3,(H,28,32)/t20-/m0/s1. The Morgan fingerprint density at radius 3 is 2.89 bits per heavy atom. The Kier molecular flexibility index (Phi) is 6.61. The molecule has 2 amide bonds. The number of halogens is 1. The number of para-hydroxylation sites is 1. The van der Waals surface area contributed by atoms with Crippen LogP contribution in [-0.4, -0.2) is 65.9 Å². The molecule has 3 heterocycles. The van der Waals surface area contributed by atoms with Gasteiger partial charge < -0.3 is 19.5 Å². The van der Waals surface area contributed by atoms with Gasteiger partial charge in [0.2, 0.25) is 0 Å². The van der Waals surface area contributed by atoms with Crippen LogP contribution in [0.5, 0.6) is 0 Å². The van der Waals surface area contributed by atoms with Gasteiger partial charge in [-0.05, 0) is 30.8 Å². The zero-order valence-corrected chi connectivity index (χ0v) is 20.1. The van der Waals surface area contributed by atoms with Crippen molar-refractivity contribution < 1.29 is 18.4 Å². The third-order valence-corrected chi connectivity index (χ3v) is 7.11. The Labute approximate surface area is 206 Å². The first-order chi connectivity index (χ1) is 17.0. The first-order valence-electron chi connectivity index (χ1n) is 11.4. The number of fused-ring (bicyclic) bond motifs is 1. The lowest BCUT2D eigenvalue weighted by molar-refractivity contribution is 0.0492. The molecule has 1 aliphatic rings. The van der Waals surface area contributed by atoms with Crippen molar-refractivity contribution in [1.82, 2.24) is 20.1 Å². The van der Waals surface area contributed by atoms with E-state index in [0.29, 0.717) is 53.5 Å². The van der Waals surface area contributed by atoms with Crippen LogP contribution in [0.4, 0.5) is 4.39 Å². The van der Waals surface area contributed by atoms with Gasteiger partial charge in [-0.25, -0.2) is 9.37 Å². The van der Waals surface area contributed by atoms with E-state index in [4.69, 9.17) is 4.42 Å². The molecule has 4 aromatic rings. The number of amides is 2. The smallest absolute Gasteiger partial charge is 0.283 e. The van der Waals surface area contributed by atoms with Crippen molar-refractivity contribution >= 4 is 34.1 Å². The molecular formula is C26H25FN4O3S. The third-order valence-electron chi connectivity index (χ3n) is 6.23.